The monoisotopic (exact) mass is 278 g/mol. The summed E-state index contributed by atoms with van der Waals surface area (Å²) in [6.07, 6.45) is 1.66. The molecule has 1 aromatic carbocycles. The molecule has 1 aliphatic carbocycles. The van der Waals surface area contributed by atoms with Crippen molar-refractivity contribution in [2.75, 3.05) is 6.61 Å². The number of benzene rings is 1. The van der Waals surface area contributed by atoms with E-state index in [-0.39, 0.29) is 5.88 Å². The van der Waals surface area contributed by atoms with E-state index in [1.807, 2.05) is 24.3 Å². The molecule has 3 nitrogen and oxygen atoms in total. The zero-order chi connectivity index (χ0) is 13.9. The van der Waals surface area contributed by atoms with Gasteiger partial charge in [0, 0.05) is 24.2 Å². The third-order valence-electron chi connectivity index (χ3n) is 3.35. The van der Waals surface area contributed by atoms with Gasteiger partial charge in [0.1, 0.15) is 0 Å². The number of aromatic nitrogens is 1. The minimum atomic E-state index is -2.49. The average Bonchev–Trinajstić information content (AvgIpc) is 3.27. The number of hydrogen-bond donors (Lipinski definition) is 1. The van der Waals surface area contributed by atoms with Gasteiger partial charge in [-0.05, 0) is 29.9 Å². The maximum atomic E-state index is 12.3. The van der Waals surface area contributed by atoms with Crippen molar-refractivity contribution in [1.29, 1.82) is 0 Å². The molecule has 0 radical (unpaired) electrons. The zero-order valence-electron chi connectivity index (χ0n) is 11.0. The van der Waals surface area contributed by atoms with E-state index in [4.69, 9.17) is 4.74 Å². The molecule has 0 spiro atoms. The number of nitrogens with one attached hydrogen (secondary N) is 1. The van der Waals surface area contributed by atoms with E-state index in [1.54, 1.807) is 6.20 Å². The minimum Gasteiger partial charge on any atom is -0.471 e. The van der Waals surface area contributed by atoms with Crippen molar-refractivity contribution in [3.8, 4) is 5.88 Å². The first-order valence-corrected chi connectivity index (χ1v) is 6.75. The van der Waals surface area contributed by atoms with Gasteiger partial charge >= 0.3 is 0 Å². The van der Waals surface area contributed by atoms with E-state index in [1.165, 1.54) is 12.8 Å². The predicted molar refractivity (Wildman–Crippen MR) is 73.1 cm³/mol. The minimum absolute atomic E-state index is 0.274. The van der Waals surface area contributed by atoms with E-state index < -0.39 is 13.0 Å². The Balaban J connectivity index is 1.87. The third kappa shape index (κ3) is 3.04. The summed E-state index contributed by atoms with van der Waals surface area (Å²) in [7, 11) is 0. The molecule has 1 heterocycles. The van der Waals surface area contributed by atoms with Gasteiger partial charge in [0.15, 0.2) is 6.61 Å². The van der Waals surface area contributed by atoms with E-state index in [0.29, 0.717) is 6.04 Å². The summed E-state index contributed by atoms with van der Waals surface area (Å²) >= 11 is 0. The van der Waals surface area contributed by atoms with Crippen molar-refractivity contribution in [2.24, 2.45) is 0 Å². The number of halogens is 2. The SMILES string of the molecule is FC(F)COc1ncc(CNC2CC2)c2ccccc12. The summed E-state index contributed by atoms with van der Waals surface area (Å²) in [6, 6.07) is 8.22. The van der Waals surface area contributed by atoms with Crippen LogP contribution in [0, 0.1) is 0 Å². The van der Waals surface area contributed by atoms with Crippen LogP contribution in [-0.4, -0.2) is 24.1 Å². The smallest absolute Gasteiger partial charge is 0.272 e. The Bertz CT molecular complexity index is 555. The summed E-state index contributed by atoms with van der Waals surface area (Å²) in [5, 5.41) is 5.21. The van der Waals surface area contributed by atoms with Crippen LogP contribution >= 0.6 is 0 Å². The molecule has 0 atom stereocenters. The highest BCUT2D eigenvalue weighted by Crippen LogP contribution is 2.27. The van der Waals surface area contributed by atoms with E-state index in [9.17, 15) is 8.78 Å². The molecule has 0 amide bonds. The lowest BCUT2D eigenvalue weighted by Gasteiger charge is -2.11. The molecule has 0 unspecified atom stereocenters. The predicted octanol–water partition coefficient (Wildman–Crippen LogP) is 3.13. The first kappa shape index (κ1) is 13.2. The van der Waals surface area contributed by atoms with Crippen LogP contribution in [0.1, 0.15) is 18.4 Å². The van der Waals surface area contributed by atoms with Crippen molar-refractivity contribution >= 4 is 10.8 Å². The highest BCUT2D eigenvalue weighted by atomic mass is 19.3. The quantitative estimate of drug-likeness (QED) is 0.881. The summed E-state index contributed by atoms with van der Waals surface area (Å²) in [5.41, 5.74) is 1.07. The van der Waals surface area contributed by atoms with Crippen LogP contribution in [0.2, 0.25) is 0 Å². The molecule has 1 aliphatic rings. The van der Waals surface area contributed by atoms with E-state index in [2.05, 4.69) is 10.3 Å². The lowest BCUT2D eigenvalue weighted by Crippen LogP contribution is -2.16. The van der Waals surface area contributed by atoms with Crippen LogP contribution in [-0.2, 0) is 6.54 Å². The van der Waals surface area contributed by atoms with E-state index in [0.717, 1.165) is 22.9 Å². The van der Waals surface area contributed by atoms with Gasteiger partial charge in [0.2, 0.25) is 5.88 Å². The molecular formula is C15H16F2N2O. The molecular weight excluding hydrogens is 262 g/mol. The Hall–Kier alpha value is -1.75. The molecule has 1 saturated carbocycles. The summed E-state index contributed by atoms with van der Waals surface area (Å²) in [5.74, 6) is 0.274. The Morgan fingerprint density at radius 2 is 2.00 bits per heavy atom. The second-order valence-corrected chi connectivity index (χ2v) is 4.99. The van der Waals surface area contributed by atoms with Gasteiger partial charge < -0.3 is 10.1 Å². The van der Waals surface area contributed by atoms with Crippen molar-refractivity contribution in [1.82, 2.24) is 10.3 Å². The second kappa shape index (κ2) is 5.71. The number of ether oxygens (including phenoxy) is 1. The number of hydrogen-bond acceptors (Lipinski definition) is 3. The normalized spacial score (nSPS) is 14.9. The molecule has 2 aromatic rings. The molecule has 1 fully saturated rings. The number of alkyl halides is 2. The van der Waals surface area contributed by atoms with Crippen molar-refractivity contribution in [3.63, 3.8) is 0 Å². The maximum Gasteiger partial charge on any atom is 0.272 e. The van der Waals surface area contributed by atoms with Gasteiger partial charge in [-0.2, -0.15) is 0 Å². The van der Waals surface area contributed by atoms with Gasteiger partial charge in [-0.1, -0.05) is 18.2 Å². The van der Waals surface area contributed by atoms with Gasteiger partial charge in [0.05, 0.1) is 0 Å². The summed E-state index contributed by atoms with van der Waals surface area (Å²) in [6.45, 7) is 0.115. The lowest BCUT2D eigenvalue weighted by atomic mass is 10.1. The van der Waals surface area contributed by atoms with Crippen LogP contribution in [0.4, 0.5) is 8.78 Å². The molecule has 0 bridgehead atoms. The molecule has 1 N–H and O–H groups in total. The van der Waals surface area contributed by atoms with Gasteiger partial charge in [-0.15, -0.1) is 0 Å². The lowest BCUT2D eigenvalue weighted by molar-refractivity contribution is 0.0804. The van der Waals surface area contributed by atoms with Crippen LogP contribution < -0.4 is 10.1 Å². The molecule has 5 heteroatoms. The van der Waals surface area contributed by atoms with Crippen LogP contribution in [0.25, 0.3) is 10.8 Å². The fourth-order valence-corrected chi connectivity index (χ4v) is 2.16. The number of pyridine rings is 1. The largest absolute Gasteiger partial charge is 0.471 e. The number of rotatable bonds is 6. The third-order valence-corrected chi connectivity index (χ3v) is 3.35. The van der Waals surface area contributed by atoms with Crippen LogP contribution in [0.15, 0.2) is 30.5 Å². The summed E-state index contributed by atoms with van der Waals surface area (Å²) in [4.78, 5) is 4.18. The van der Waals surface area contributed by atoms with Gasteiger partial charge in [-0.25, -0.2) is 13.8 Å². The fraction of sp³-hybridized carbons (Fsp3) is 0.400. The second-order valence-electron chi connectivity index (χ2n) is 4.99. The Kier molecular flexibility index (Phi) is 3.78. The van der Waals surface area contributed by atoms with Crippen LogP contribution in [0.5, 0.6) is 5.88 Å². The molecule has 1 aromatic heterocycles. The molecule has 3 rings (SSSR count). The van der Waals surface area contributed by atoms with Gasteiger partial charge in [-0.3, -0.25) is 0 Å². The Morgan fingerprint density at radius 1 is 1.25 bits per heavy atom. The molecule has 20 heavy (non-hydrogen) atoms. The first-order valence-electron chi connectivity index (χ1n) is 6.75. The highest BCUT2D eigenvalue weighted by Gasteiger charge is 2.20. The zero-order valence-corrected chi connectivity index (χ0v) is 11.0. The fourth-order valence-electron chi connectivity index (χ4n) is 2.16. The Labute approximate surface area is 116 Å². The van der Waals surface area contributed by atoms with Crippen molar-refractivity contribution < 1.29 is 13.5 Å². The first-order chi connectivity index (χ1) is 9.74. The summed E-state index contributed by atoms with van der Waals surface area (Å²) < 4.78 is 29.6. The number of nitrogens with zero attached hydrogens (tertiary/aromatic N) is 1. The van der Waals surface area contributed by atoms with Crippen molar-refractivity contribution in [3.05, 3.63) is 36.0 Å². The molecule has 106 valence electrons. The van der Waals surface area contributed by atoms with Crippen LogP contribution in [0.3, 0.4) is 0 Å². The molecule has 0 saturated heterocycles. The highest BCUT2D eigenvalue weighted by molar-refractivity contribution is 5.89. The number of fused-ring (bicyclic) bond motifs is 1. The van der Waals surface area contributed by atoms with Gasteiger partial charge in [0.25, 0.3) is 6.43 Å². The topological polar surface area (TPSA) is 34.1 Å². The van der Waals surface area contributed by atoms with Crippen molar-refractivity contribution in [2.45, 2.75) is 31.9 Å². The standard InChI is InChI=1S/C15H16F2N2O/c16-14(17)9-20-15-13-4-2-1-3-12(13)10(8-19-15)7-18-11-5-6-11/h1-4,8,11,14,18H,5-7,9H2. The average molecular weight is 278 g/mol. The maximum absolute atomic E-state index is 12.3. The Morgan fingerprint density at radius 3 is 2.70 bits per heavy atom. The van der Waals surface area contributed by atoms with E-state index >= 15 is 0 Å². The molecule has 0 aliphatic heterocycles.